The smallest absolute Gasteiger partial charge is 0.224 e. The summed E-state index contributed by atoms with van der Waals surface area (Å²) >= 11 is 0. The molecule has 0 aliphatic carbocycles. The maximum atomic E-state index is 13.5. The van der Waals surface area contributed by atoms with Crippen molar-refractivity contribution in [2.45, 2.75) is 6.42 Å². The molecular weight excluding hydrogens is 326 g/mol. The zero-order valence-electron chi connectivity index (χ0n) is 13.3. The number of benzene rings is 2. The quantitative estimate of drug-likeness (QED) is 0.700. The Morgan fingerprint density at radius 3 is 2.76 bits per heavy atom. The van der Waals surface area contributed by atoms with Crippen molar-refractivity contribution in [3.05, 3.63) is 71.9 Å². The molecule has 0 radical (unpaired) electrons. The van der Waals surface area contributed by atoms with Crippen LogP contribution in [0.25, 0.3) is 10.9 Å². The highest BCUT2D eigenvalue weighted by molar-refractivity contribution is 5.84. The SMILES string of the molecule is O=C(Cc1cccc(F)c1F)NCCOc1cccc2cccnc12. The molecule has 1 N–H and O–H groups in total. The maximum absolute atomic E-state index is 13.5. The van der Waals surface area contributed by atoms with E-state index in [0.717, 1.165) is 17.0 Å². The number of rotatable bonds is 6. The Bertz CT molecular complexity index is 894. The first kappa shape index (κ1) is 16.8. The molecular formula is C19H16F2N2O2. The van der Waals surface area contributed by atoms with Gasteiger partial charge in [0, 0.05) is 17.1 Å². The topological polar surface area (TPSA) is 51.2 Å². The van der Waals surface area contributed by atoms with E-state index in [4.69, 9.17) is 4.74 Å². The number of hydrogen-bond acceptors (Lipinski definition) is 3. The number of halogens is 2. The van der Waals surface area contributed by atoms with Gasteiger partial charge in [-0.25, -0.2) is 8.78 Å². The van der Waals surface area contributed by atoms with Crippen LogP contribution < -0.4 is 10.1 Å². The number of aromatic nitrogens is 1. The Balaban J connectivity index is 1.51. The lowest BCUT2D eigenvalue weighted by atomic mass is 10.1. The number of nitrogens with one attached hydrogen (secondary N) is 1. The molecule has 0 unspecified atom stereocenters. The minimum atomic E-state index is -0.990. The predicted molar refractivity (Wildman–Crippen MR) is 90.3 cm³/mol. The van der Waals surface area contributed by atoms with Crippen LogP contribution in [0.15, 0.2) is 54.7 Å². The van der Waals surface area contributed by atoms with E-state index in [1.54, 1.807) is 12.3 Å². The second kappa shape index (κ2) is 7.70. The van der Waals surface area contributed by atoms with Gasteiger partial charge in [-0.2, -0.15) is 0 Å². The van der Waals surface area contributed by atoms with Crippen LogP contribution in [0.5, 0.6) is 5.75 Å². The number of para-hydroxylation sites is 1. The second-order valence-electron chi connectivity index (χ2n) is 5.42. The molecule has 0 bridgehead atoms. The van der Waals surface area contributed by atoms with Crippen molar-refractivity contribution in [1.29, 1.82) is 0 Å². The van der Waals surface area contributed by atoms with Crippen molar-refractivity contribution < 1.29 is 18.3 Å². The summed E-state index contributed by atoms with van der Waals surface area (Å²) in [4.78, 5) is 16.1. The summed E-state index contributed by atoms with van der Waals surface area (Å²) in [5.74, 6) is -1.72. The number of amides is 1. The van der Waals surface area contributed by atoms with Crippen LogP contribution in [0.3, 0.4) is 0 Å². The first-order valence-corrected chi connectivity index (χ1v) is 7.81. The molecule has 25 heavy (non-hydrogen) atoms. The fourth-order valence-corrected chi connectivity index (χ4v) is 2.46. The normalized spacial score (nSPS) is 10.6. The summed E-state index contributed by atoms with van der Waals surface area (Å²) < 4.78 is 32.3. The molecule has 6 heteroatoms. The second-order valence-corrected chi connectivity index (χ2v) is 5.42. The van der Waals surface area contributed by atoms with Gasteiger partial charge in [0.25, 0.3) is 0 Å². The Morgan fingerprint density at radius 1 is 1.08 bits per heavy atom. The van der Waals surface area contributed by atoms with Crippen LogP contribution >= 0.6 is 0 Å². The minimum Gasteiger partial charge on any atom is -0.489 e. The summed E-state index contributed by atoms with van der Waals surface area (Å²) in [6.45, 7) is 0.492. The minimum absolute atomic E-state index is 0.0247. The highest BCUT2D eigenvalue weighted by Crippen LogP contribution is 2.22. The molecule has 2 aromatic carbocycles. The number of nitrogens with zero attached hydrogens (tertiary/aromatic N) is 1. The van der Waals surface area contributed by atoms with E-state index in [0.29, 0.717) is 5.75 Å². The average molecular weight is 342 g/mol. The van der Waals surface area contributed by atoms with Gasteiger partial charge in [-0.15, -0.1) is 0 Å². The van der Waals surface area contributed by atoms with Crippen LogP contribution in [0.2, 0.25) is 0 Å². The van der Waals surface area contributed by atoms with Crippen molar-refractivity contribution in [3.8, 4) is 5.75 Å². The van der Waals surface area contributed by atoms with Crippen LogP contribution in [0.4, 0.5) is 8.78 Å². The number of pyridine rings is 1. The molecule has 128 valence electrons. The van der Waals surface area contributed by atoms with Gasteiger partial charge in [0.05, 0.1) is 13.0 Å². The van der Waals surface area contributed by atoms with E-state index in [1.807, 2.05) is 24.3 Å². The van der Waals surface area contributed by atoms with Crippen LogP contribution in [-0.4, -0.2) is 24.0 Å². The summed E-state index contributed by atoms with van der Waals surface area (Å²) in [6, 6.07) is 13.2. The first-order valence-electron chi connectivity index (χ1n) is 7.81. The summed E-state index contributed by atoms with van der Waals surface area (Å²) in [7, 11) is 0. The van der Waals surface area contributed by atoms with Crippen LogP contribution in [0, 0.1) is 11.6 Å². The maximum Gasteiger partial charge on any atom is 0.224 e. The third kappa shape index (κ3) is 4.09. The van der Waals surface area contributed by atoms with Gasteiger partial charge in [-0.3, -0.25) is 9.78 Å². The Morgan fingerprint density at radius 2 is 1.88 bits per heavy atom. The molecule has 1 amide bonds. The average Bonchev–Trinajstić information content (AvgIpc) is 2.63. The van der Waals surface area contributed by atoms with Gasteiger partial charge in [-0.1, -0.05) is 30.3 Å². The summed E-state index contributed by atoms with van der Waals surface area (Å²) in [5, 5.41) is 3.59. The van der Waals surface area contributed by atoms with Crippen LogP contribution in [0.1, 0.15) is 5.56 Å². The third-order valence-electron chi connectivity index (χ3n) is 3.66. The molecule has 0 spiro atoms. The predicted octanol–water partition coefficient (Wildman–Crippen LogP) is 3.25. The first-order chi connectivity index (χ1) is 12.1. The molecule has 0 aliphatic heterocycles. The highest BCUT2D eigenvalue weighted by atomic mass is 19.2. The van der Waals surface area contributed by atoms with Crippen LogP contribution in [-0.2, 0) is 11.2 Å². The molecule has 4 nitrogen and oxygen atoms in total. The molecule has 0 saturated heterocycles. The zero-order valence-corrected chi connectivity index (χ0v) is 13.3. The number of carbonyl (C=O) groups excluding carboxylic acids is 1. The number of carbonyl (C=O) groups is 1. The van der Waals surface area contributed by atoms with E-state index >= 15 is 0 Å². The Hall–Kier alpha value is -3.02. The number of ether oxygens (including phenoxy) is 1. The van der Waals surface area contributed by atoms with Gasteiger partial charge >= 0.3 is 0 Å². The van der Waals surface area contributed by atoms with Crippen molar-refractivity contribution >= 4 is 16.8 Å². The Kier molecular flexibility index (Phi) is 5.18. The fourth-order valence-electron chi connectivity index (χ4n) is 2.46. The van der Waals surface area contributed by atoms with E-state index < -0.39 is 17.5 Å². The molecule has 0 saturated carbocycles. The van der Waals surface area contributed by atoms with E-state index in [-0.39, 0.29) is 25.1 Å². The lowest BCUT2D eigenvalue weighted by molar-refractivity contribution is -0.120. The number of fused-ring (bicyclic) bond motifs is 1. The van der Waals surface area contributed by atoms with Gasteiger partial charge in [0.1, 0.15) is 17.9 Å². The monoisotopic (exact) mass is 342 g/mol. The summed E-state index contributed by atoms with van der Waals surface area (Å²) in [6.07, 6.45) is 1.46. The fraction of sp³-hybridized carbons (Fsp3) is 0.158. The lowest BCUT2D eigenvalue weighted by Gasteiger charge is -2.10. The highest BCUT2D eigenvalue weighted by Gasteiger charge is 2.11. The Labute approximate surface area is 143 Å². The van der Waals surface area contributed by atoms with E-state index in [9.17, 15) is 13.6 Å². The lowest BCUT2D eigenvalue weighted by Crippen LogP contribution is -2.29. The largest absolute Gasteiger partial charge is 0.489 e. The van der Waals surface area contributed by atoms with Gasteiger partial charge in [0.2, 0.25) is 5.91 Å². The molecule has 1 aromatic heterocycles. The molecule has 3 aromatic rings. The van der Waals surface area contributed by atoms with Crippen molar-refractivity contribution in [2.75, 3.05) is 13.2 Å². The molecule has 1 heterocycles. The summed E-state index contributed by atoms with van der Waals surface area (Å²) in [5.41, 5.74) is 0.773. The van der Waals surface area contributed by atoms with E-state index in [2.05, 4.69) is 10.3 Å². The van der Waals surface area contributed by atoms with Gasteiger partial charge in [-0.05, 0) is 18.2 Å². The third-order valence-corrected chi connectivity index (χ3v) is 3.66. The molecule has 0 fully saturated rings. The zero-order chi connectivity index (χ0) is 17.6. The molecule has 0 atom stereocenters. The van der Waals surface area contributed by atoms with E-state index in [1.165, 1.54) is 12.1 Å². The van der Waals surface area contributed by atoms with Crippen molar-refractivity contribution in [1.82, 2.24) is 10.3 Å². The van der Waals surface area contributed by atoms with Crippen molar-refractivity contribution in [3.63, 3.8) is 0 Å². The van der Waals surface area contributed by atoms with Gasteiger partial charge in [0.15, 0.2) is 11.6 Å². The molecule has 3 rings (SSSR count). The number of hydrogen-bond donors (Lipinski definition) is 1. The van der Waals surface area contributed by atoms with Crippen molar-refractivity contribution in [2.24, 2.45) is 0 Å². The van der Waals surface area contributed by atoms with Gasteiger partial charge < -0.3 is 10.1 Å². The standard InChI is InChI=1S/C19H16F2N2O2/c20-15-7-1-5-14(18(15)21)12-17(24)22-10-11-25-16-8-2-4-13-6-3-9-23-19(13)16/h1-9H,10-12H2,(H,22,24). The molecule has 0 aliphatic rings.